The number of hydrogen-bond acceptors (Lipinski definition) is 4. The van der Waals surface area contributed by atoms with Gasteiger partial charge in [0, 0.05) is 24.2 Å². The van der Waals surface area contributed by atoms with Gasteiger partial charge in [-0.3, -0.25) is 9.78 Å². The molecular weight excluding hydrogens is 349 g/mol. The van der Waals surface area contributed by atoms with Crippen LogP contribution < -0.4 is 15.8 Å². The molecule has 0 aliphatic carbocycles. The third-order valence-corrected chi connectivity index (χ3v) is 3.98. The van der Waals surface area contributed by atoms with Gasteiger partial charge in [-0.25, -0.2) is 0 Å². The fourth-order valence-electron chi connectivity index (χ4n) is 2.24. The topological polar surface area (TPSA) is 77.2 Å². The van der Waals surface area contributed by atoms with Crippen molar-refractivity contribution in [1.82, 2.24) is 10.3 Å². The zero-order chi connectivity index (χ0) is 17.0. The Labute approximate surface area is 153 Å². The first-order valence-corrected chi connectivity index (χ1v) is 7.86. The predicted molar refractivity (Wildman–Crippen MR) is 99.9 cm³/mol. The Kier molecular flexibility index (Phi) is 7.27. The van der Waals surface area contributed by atoms with Crippen molar-refractivity contribution in [2.24, 2.45) is 11.1 Å². The smallest absolute Gasteiger partial charge is 0.258 e. The van der Waals surface area contributed by atoms with Crippen molar-refractivity contribution in [2.75, 3.05) is 13.2 Å². The molecule has 132 valence electrons. The van der Waals surface area contributed by atoms with Gasteiger partial charge in [0.05, 0.1) is 5.02 Å². The number of benzene rings is 1. The van der Waals surface area contributed by atoms with Gasteiger partial charge in [-0.15, -0.1) is 12.4 Å². The van der Waals surface area contributed by atoms with Gasteiger partial charge in [0.1, 0.15) is 11.3 Å². The normalized spacial score (nSPS) is 12.4. The summed E-state index contributed by atoms with van der Waals surface area (Å²) in [6, 6.07) is 7.01. The standard InChI is InChI=1S/C17H22ClN3O2.ClH/c1-17(2,3)14(9-19)21-15(22)10-23-13-7-6-12(18)11-5-4-8-20-16(11)13;/h4-8,14H,9-10,19H2,1-3H3,(H,21,22);1H. The summed E-state index contributed by atoms with van der Waals surface area (Å²) >= 11 is 6.14. The van der Waals surface area contributed by atoms with Crippen molar-refractivity contribution in [2.45, 2.75) is 26.8 Å². The summed E-state index contributed by atoms with van der Waals surface area (Å²) in [5.41, 5.74) is 6.25. The molecule has 0 spiro atoms. The van der Waals surface area contributed by atoms with Crippen molar-refractivity contribution >= 4 is 40.8 Å². The Bertz CT molecular complexity index is 702. The SMILES string of the molecule is CC(C)(C)C(CN)NC(=O)COc1ccc(Cl)c2cccnc12.Cl. The number of amides is 1. The van der Waals surface area contributed by atoms with Gasteiger partial charge in [-0.05, 0) is 29.7 Å². The molecule has 1 amide bonds. The summed E-state index contributed by atoms with van der Waals surface area (Å²) in [5.74, 6) is 0.314. The number of fused-ring (bicyclic) bond motifs is 1. The van der Waals surface area contributed by atoms with E-state index in [9.17, 15) is 4.79 Å². The number of pyridine rings is 1. The molecule has 0 fully saturated rings. The number of halogens is 2. The molecule has 3 N–H and O–H groups in total. The number of hydrogen-bond donors (Lipinski definition) is 2. The first kappa shape index (κ1) is 20.5. The highest BCUT2D eigenvalue weighted by atomic mass is 35.5. The molecule has 24 heavy (non-hydrogen) atoms. The molecule has 0 saturated carbocycles. The van der Waals surface area contributed by atoms with E-state index in [4.69, 9.17) is 22.1 Å². The second-order valence-corrected chi connectivity index (χ2v) is 6.86. The van der Waals surface area contributed by atoms with Crippen LogP contribution in [0.3, 0.4) is 0 Å². The molecule has 1 atom stereocenters. The third-order valence-electron chi connectivity index (χ3n) is 3.65. The Morgan fingerprint density at radius 2 is 2.08 bits per heavy atom. The first-order valence-electron chi connectivity index (χ1n) is 7.48. The lowest BCUT2D eigenvalue weighted by Crippen LogP contribution is -2.49. The first-order chi connectivity index (χ1) is 10.8. The van der Waals surface area contributed by atoms with Crippen LogP contribution in [0.15, 0.2) is 30.5 Å². The predicted octanol–water partition coefficient (Wildman–Crippen LogP) is 3.18. The second-order valence-electron chi connectivity index (χ2n) is 6.46. The number of carbonyl (C=O) groups is 1. The molecule has 2 rings (SSSR count). The van der Waals surface area contributed by atoms with Gasteiger partial charge in [0.2, 0.25) is 0 Å². The van der Waals surface area contributed by atoms with Crippen LogP contribution in [0.25, 0.3) is 10.9 Å². The van der Waals surface area contributed by atoms with Crippen LogP contribution in [-0.4, -0.2) is 30.1 Å². The minimum Gasteiger partial charge on any atom is -0.481 e. The van der Waals surface area contributed by atoms with E-state index in [1.807, 2.05) is 26.8 Å². The van der Waals surface area contributed by atoms with E-state index in [0.717, 1.165) is 5.39 Å². The monoisotopic (exact) mass is 371 g/mol. The Balaban J connectivity index is 0.00000288. The van der Waals surface area contributed by atoms with Gasteiger partial charge in [0.15, 0.2) is 6.61 Å². The number of ether oxygens (including phenoxy) is 1. The molecule has 7 heteroatoms. The molecule has 2 aromatic rings. The molecule has 1 unspecified atom stereocenters. The van der Waals surface area contributed by atoms with Crippen LogP contribution >= 0.6 is 24.0 Å². The molecule has 0 bridgehead atoms. The van der Waals surface area contributed by atoms with E-state index in [1.54, 1.807) is 24.4 Å². The van der Waals surface area contributed by atoms with Gasteiger partial charge in [0.25, 0.3) is 5.91 Å². The van der Waals surface area contributed by atoms with Crippen LogP contribution in [0.5, 0.6) is 5.75 Å². The van der Waals surface area contributed by atoms with Crippen LogP contribution in [0, 0.1) is 5.41 Å². The number of aromatic nitrogens is 1. The Morgan fingerprint density at radius 1 is 1.38 bits per heavy atom. The van der Waals surface area contributed by atoms with Crippen molar-refractivity contribution in [3.05, 3.63) is 35.5 Å². The molecule has 5 nitrogen and oxygen atoms in total. The molecule has 0 aliphatic heterocycles. The van der Waals surface area contributed by atoms with E-state index in [-0.39, 0.29) is 36.4 Å². The van der Waals surface area contributed by atoms with Crippen molar-refractivity contribution < 1.29 is 9.53 Å². The van der Waals surface area contributed by atoms with E-state index in [1.165, 1.54) is 0 Å². The summed E-state index contributed by atoms with van der Waals surface area (Å²) in [7, 11) is 0. The number of nitrogens with one attached hydrogen (secondary N) is 1. The number of nitrogens with zero attached hydrogens (tertiary/aromatic N) is 1. The maximum atomic E-state index is 12.1. The van der Waals surface area contributed by atoms with E-state index in [2.05, 4.69) is 10.3 Å². The Morgan fingerprint density at radius 3 is 2.71 bits per heavy atom. The fraction of sp³-hybridized carbons (Fsp3) is 0.412. The third kappa shape index (κ3) is 4.97. The fourth-order valence-corrected chi connectivity index (χ4v) is 2.45. The lowest BCUT2D eigenvalue weighted by molar-refractivity contribution is -0.124. The minimum absolute atomic E-state index is 0. The van der Waals surface area contributed by atoms with Gasteiger partial charge < -0.3 is 15.8 Å². The average Bonchev–Trinajstić information content (AvgIpc) is 2.51. The van der Waals surface area contributed by atoms with Crippen LogP contribution in [0.4, 0.5) is 0 Å². The summed E-state index contributed by atoms with van der Waals surface area (Å²) in [6.45, 7) is 6.37. The van der Waals surface area contributed by atoms with E-state index >= 15 is 0 Å². The Hall–Kier alpha value is -1.56. The molecule has 0 saturated heterocycles. The number of nitrogens with two attached hydrogens (primary N) is 1. The van der Waals surface area contributed by atoms with Crippen LogP contribution in [-0.2, 0) is 4.79 Å². The maximum absolute atomic E-state index is 12.1. The number of rotatable bonds is 5. The largest absolute Gasteiger partial charge is 0.481 e. The van der Waals surface area contributed by atoms with E-state index in [0.29, 0.717) is 22.8 Å². The van der Waals surface area contributed by atoms with Crippen molar-refractivity contribution in [3.63, 3.8) is 0 Å². The van der Waals surface area contributed by atoms with Gasteiger partial charge in [-0.2, -0.15) is 0 Å². The highest BCUT2D eigenvalue weighted by Crippen LogP contribution is 2.29. The van der Waals surface area contributed by atoms with Crippen LogP contribution in [0.2, 0.25) is 5.02 Å². The molecule has 0 radical (unpaired) electrons. The summed E-state index contributed by atoms with van der Waals surface area (Å²) in [4.78, 5) is 16.4. The zero-order valence-electron chi connectivity index (χ0n) is 14.0. The van der Waals surface area contributed by atoms with Gasteiger partial charge >= 0.3 is 0 Å². The lowest BCUT2D eigenvalue weighted by Gasteiger charge is -2.30. The van der Waals surface area contributed by atoms with Crippen molar-refractivity contribution in [1.29, 1.82) is 0 Å². The molecule has 0 aliphatic rings. The molecule has 1 heterocycles. The maximum Gasteiger partial charge on any atom is 0.258 e. The number of carbonyl (C=O) groups excluding carboxylic acids is 1. The van der Waals surface area contributed by atoms with Gasteiger partial charge in [-0.1, -0.05) is 32.4 Å². The second kappa shape index (κ2) is 8.51. The highest BCUT2D eigenvalue weighted by molar-refractivity contribution is 6.35. The minimum atomic E-state index is -0.214. The lowest BCUT2D eigenvalue weighted by atomic mass is 9.87. The van der Waals surface area contributed by atoms with E-state index < -0.39 is 0 Å². The molecular formula is C17H23Cl2N3O2. The quantitative estimate of drug-likeness (QED) is 0.845. The molecule has 1 aromatic heterocycles. The highest BCUT2D eigenvalue weighted by Gasteiger charge is 2.25. The van der Waals surface area contributed by atoms with Crippen LogP contribution in [0.1, 0.15) is 20.8 Å². The summed E-state index contributed by atoms with van der Waals surface area (Å²) in [6.07, 6.45) is 1.66. The van der Waals surface area contributed by atoms with Crippen molar-refractivity contribution in [3.8, 4) is 5.75 Å². The zero-order valence-corrected chi connectivity index (χ0v) is 15.6. The average molecular weight is 372 g/mol. The molecule has 1 aromatic carbocycles. The summed E-state index contributed by atoms with van der Waals surface area (Å²) in [5, 5.41) is 4.29. The summed E-state index contributed by atoms with van der Waals surface area (Å²) < 4.78 is 5.62.